The number of hydrogen-bond acceptors (Lipinski definition) is 5. The van der Waals surface area contributed by atoms with Gasteiger partial charge in [-0.1, -0.05) is 0 Å². The second-order valence-electron chi connectivity index (χ2n) is 5.43. The summed E-state index contributed by atoms with van der Waals surface area (Å²) < 4.78 is 0. The van der Waals surface area contributed by atoms with Crippen LogP contribution >= 0.6 is 0 Å². The van der Waals surface area contributed by atoms with Gasteiger partial charge in [-0.2, -0.15) is 0 Å². The van der Waals surface area contributed by atoms with E-state index < -0.39 is 10.5 Å². The molecule has 7 nitrogen and oxygen atoms in total. The summed E-state index contributed by atoms with van der Waals surface area (Å²) in [5.74, 6) is -0.160. The van der Waals surface area contributed by atoms with Gasteiger partial charge in [-0.05, 0) is 30.9 Å². The largest absolute Gasteiger partial charge is 0.394 e. The average molecular weight is 277 g/mol. The van der Waals surface area contributed by atoms with Crippen LogP contribution in [0, 0.1) is 10.1 Å². The Labute approximate surface area is 115 Å². The molecule has 106 valence electrons. The van der Waals surface area contributed by atoms with Crippen LogP contribution in [0.2, 0.25) is 0 Å². The summed E-state index contributed by atoms with van der Waals surface area (Å²) >= 11 is 0. The van der Waals surface area contributed by atoms with E-state index in [2.05, 4.69) is 10.6 Å². The molecule has 1 amide bonds. The number of aliphatic hydroxyl groups excluding tert-OH is 1. The molecule has 0 saturated heterocycles. The maximum atomic E-state index is 11.4. The number of nitro benzene ring substituents is 1. The van der Waals surface area contributed by atoms with Crippen molar-refractivity contribution in [3.63, 3.8) is 0 Å². The number of nitrogens with zero attached hydrogens (tertiary/aromatic N) is 1. The van der Waals surface area contributed by atoms with Gasteiger partial charge in [-0.3, -0.25) is 14.9 Å². The van der Waals surface area contributed by atoms with Crippen LogP contribution in [0.3, 0.4) is 0 Å². The van der Waals surface area contributed by atoms with Gasteiger partial charge in [0.15, 0.2) is 0 Å². The second-order valence-corrected chi connectivity index (χ2v) is 5.43. The summed E-state index contributed by atoms with van der Waals surface area (Å²) in [6.07, 6.45) is 2.72. The molecule has 1 aliphatic carbocycles. The molecule has 1 aliphatic heterocycles. The molecule has 1 saturated carbocycles. The molecule has 3 rings (SSSR count). The Morgan fingerprint density at radius 3 is 2.75 bits per heavy atom. The number of carbonyl (C=O) groups is 1. The lowest BCUT2D eigenvalue weighted by Crippen LogP contribution is -2.48. The number of amides is 1. The summed E-state index contributed by atoms with van der Waals surface area (Å²) in [7, 11) is 0. The van der Waals surface area contributed by atoms with Crippen molar-refractivity contribution in [2.24, 2.45) is 0 Å². The molecule has 0 spiro atoms. The van der Waals surface area contributed by atoms with Crippen molar-refractivity contribution in [3.8, 4) is 0 Å². The van der Waals surface area contributed by atoms with Gasteiger partial charge in [0.25, 0.3) is 5.69 Å². The fourth-order valence-electron chi connectivity index (χ4n) is 2.72. The van der Waals surface area contributed by atoms with Crippen LogP contribution in [-0.4, -0.2) is 28.1 Å². The molecular formula is C13H15N3O4. The zero-order valence-corrected chi connectivity index (χ0v) is 10.8. The number of fused-ring (bicyclic) bond motifs is 1. The fourth-order valence-corrected chi connectivity index (χ4v) is 2.72. The number of hydrogen-bond donors (Lipinski definition) is 3. The first-order valence-corrected chi connectivity index (χ1v) is 6.53. The number of nitro groups is 1. The Hall–Kier alpha value is -2.15. The van der Waals surface area contributed by atoms with E-state index in [4.69, 9.17) is 0 Å². The number of rotatable bonds is 4. The van der Waals surface area contributed by atoms with Gasteiger partial charge >= 0.3 is 0 Å². The van der Waals surface area contributed by atoms with E-state index in [0.717, 1.165) is 19.3 Å². The molecular weight excluding hydrogens is 262 g/mol. The van der Waals surface area contributed by atoms with Gasteiger partial charge in [0, 0.05) is 11.8 Å². The molecule has 1 aromatic carbocycles. The lowest BCUT2D eigenvalue weighted by Gasteiger charge is -2.41. The first kappa shape index (κ1) is 12.9. The molecule has 0 unspecified atom stereocenters. The average Bonchev–Trinajstić information content (AvgIpc) is 2.71. The molecule has 1 heterocycles. The van der Waals surface area contributed by atoms with E-state index in [1.165, 1.54) is 6.07 Å². The van der Waals surface area contributed by atoms with Crippen LogP contribution in [0.5, 0.6) is 0 Å². The third-order valence-corrected chi connectivity index (χ3v) is 4.06. The van der Waals surface area contributed by atoms with Gasteiger partial charge < -0.3 is 15.7 Å². The van der Waals surface area contributed by atoms with Crippen LogP contribution in [0.1, 0.15) is 24.8 Å². The van der Waals surface area contributed by atoms with E-state index in [0.29, 0.717) is 16.9 Å². The van der Waals surface area contributed by atoms with Crippen molar-refractivity contribution >= 4 is 23.0 Å². The Morgan fingerprint density at radius 1 is 1.45 bits per heavy atom. The van der Waals surface area contributed by atoms with Crippen LogP contribution < -0.4 is 10.6 Å². The second kappa shape index (κ2) is 4.45. The van der Waals surface area contributed by atoms with Crippen LogP contribution in [0.25, 0.3) is 0 Å². The Bertz CT molecular complexity index is 590. The summed E-state index contributed by atoms with van der Waals surface area (Å²) in [4.78, 5) is 22.1. The highest BCUT2D eigenvalue weighted by Gasteiger charge is 2.38. The van der Waals surface area contributed by atoms with E-state index in [-0.39, 0.29) is 24.6 Å². The van der Waals surface area contributed by atoms with Gasteiger partial charge in [0.05, 0.1) is 23.5 Å². The van der Waals surface area contributed by atoms with E-state index in [1.54, 1.807) is 6.07 Å². The van der Waals surface area contributed by atoms with E-state index in [9.17, 15) is 20.0 Å². The van der Waals surface area contributed by atoms with Crippen LogP contribution in [-0.2, 0) is 11.2 Å². The van der Waals surface area contributed by atoms with Crippen molar-refractivity contribution in [2.75, 3.05) is 17.2 Å². The third-order valence-electron chi connectivity index (χ3n) is 4.06. The topological polar surface area (TPSA) is 104 Å². The highest BCUT2D eigenvalue weighted by Crippen LogP contribution is 2.40. The Balaban J connectivity index is 1.99. The first-order valence-electron chi connectivity index (χ1n) is 6.53. The molecule has 3 N–H and O–H groups in total. The number of nitrogens with one attached hydrogen (secondary N) is 2. The first-order chi connectivity index (χ1) is 9.53. The number of anilines is 2. The summed E-state index contributed by atoms with van der Waals surface area (Å²) in [5, 5.41) is 26.4. The zero-order chi connectivity index (χ0) is 14.3. The minimum atomic E-state index is -0.471. The van der Waals surface area contributed by atoms with Gasteiger partial charge in [0.1, 0.15) is 5.69 Å². The van der Waals surface area contributed by atoms with Crippen molar-refractivity contribution in [1.82, 2.24) is 0 Å². The Morgan fingerprint density at radius 2 is 2.20 bits per heavy atom. The van der Waals surface area contributed by atoms with Gasteiger partial charge in [0.2, 0.25) is 5.91 Å². The van der Waals surface area contributed by atoms with Gasteiger partial charge in [-0.25, -0.2) is 0 Å². The van der Waals surface area contributed by atoms with E-state index in [1.807, 2.05) is 0 Å². The summed E-state index contributed by atoms with van der Waals surface area (Å²) in [6, 6.07) is 3.02. The Kier molecular flexibility index (Phi) is 2.86. The van der Waals surface area contributed by atoms with Crippen LogP contribution in [0.15, 0.2) is 12.1 Å². The zero-order valence-electron chi connectivity index (χ0n) is 10.8. The SMILES string of the molecule is O=C1Cc2cc([N+](=O)[O-])c(NC3(CO)CCC3)cc2N1. The van der Waals surface area contributed by atoms with Crippen molar-refractivity contribution in [1.29, 1.82) is 0 Å². The minimum absolute atomic E-state index is 0.0556. The molecule has 0 bridgehead atoms. The molecule has 2 aliphatic rings. The number of carbonyl (C=O) groups excluding carboxylic acids is 1. The van der Waals surface area contributed by atoms with E-state index >= 15 is 0 Å². The van der Waals surface area contributed by atoms with Crippen molar-refractivity contribution < 1.29 is 14.8 Å². The molecule has 0 aromatic heterocycles. The fraction of sp³-hybridized carbons (Fsp3) is 0.462. The van der Waals surface area contributed by atoms with Crippen molar-refractivity contribution in [2.45, 2.75) is 31.2 Å². The van der Waals surface area contributed by atoms with Crippen molar-refractivity contribution in [3.05, 3.63) is 27.8 Å². The van der Waals surface area contributed by atoms with Crippen LogP contribution in [0.4, 0.5) is 17.1 Å². The highest BCUT2D eigenvalue weighted by molar-refractivity contribution is 6.00. The van der Waals surface area contributed by atoms with Gasteiger partial charge in [-0.15, -0.1) is 0 Å². The normalized spacial score (nSPS) is 18.9. The summed E-state index contributed by atoms with van der Waals surface area (Å²) in [6.45, 7) is -0.0619. The molecule has 20 heavy (non-hydrogen) atoms. The molecule has 1 aromatic rings. The monoisotopic (exact) mass is 277 g/mol. The number of aliphatic hydroxyl groups is 1. The highest BCUT2D eigenvalue weighted by atomic mass is 16.6. The quantitative estimate of drug-likeness (QED) is 0.570. The predicted molar refractivity (Wildman–Crippen MR) is 72.7 cm³/mol. The summed E-state index contributed by atoms with van der Waals surface area (Å²) in [5.41, 5.74) is 1.07. The number of benzene rings is 1. The molecule has 1 fully saturated rings. The standard InChI is InChI=1S/C13H15N3O4/c17-7-13(2-1-3-13)15-10-6-9-8(5-12(18)14-9)4-11(10)16(19)20/h4,6,15,17H,1-3,5,7H2,(H,14,18). The smallest absolute Gasteiger partial charge is 0.292 e. The predicted octanol–water partition coefficient (Wildman–Crippen LogP) is 1.42. The molecule has 0 atom stereocenters. The molecule has 7 heteroatoms. The lowest BCUT2D eigenvalue weighted by molar-refractivity contribution is -0.384. The maximum Gasteiger partial charge on any atom is 0.292 e. The minimum Gasteiger partial charge on any atom is -0.394 e. The lowest BCUT2D eigenvalue weighted by atomic mass is 9.77. The third kappa shape index (κ3) is 2.00. The molecule has 0 radical (unpaired) electrons. The maximum absolute atomic E-state index is 11.4.